The average molecular weight is 549 g/mol. The smallest absolute Gasteiger partial charge is 0.339 e. The number of benzene rings is 3. The van der Waals surface area contributed by atoms with E-state index in [0.717, 1.165) is 9.20 Å². The first kappa shape index (κ1) is 27.4. The Hall–Kier alpha value is -3.21. The monoisotopic (exact) mass is 548 g/mol. The van der Waals surface area contributed by atoms with Gasteiger partial charge in [0.25, 0.3) is 10.0 Å². The molecule has 1 N–H and O–H groups in total. The second-order valence-corrected chi connectivity index (χ2v) is 10.5. The van der Waals surface area contributed by atoms with E-state index in [0.29, 0.717) is 12.4 Å². The molecule has 0 atom stereocenters. The second kappa shape index (κ2) is 12.2. The molecular weight excluding hydrogens is 524 g/mol. The lowest BCUT2D eigenvalue weighted by molar-refractivity contribution is -0.114. The van der Waals surface area contributed by atoms with Gasteiger partial charge in [-0.25, -0.2) is 13.2 Å². The minimum atomic E-state index is -4.15. The highest BCUT2D eigenvalue weighted by Crippen LogP contribution is 2.33. The summed E-state index contributed by atoms with van der Waals surface area (Å²) in [5.74, 6) is -0.986. The van der Waals surface area contributed by atoms with Crippen LogP contribution in [0.2, 0.25) is 5.02 Å². The van der Waals surface area contributed by atoms with E-state index in [1.165, 1.54) is 49.2 Å². The number of ether oxygens (including phenoxy) is 2. The van der Waals surface area contributed by atoms with Crippen molar-refractivity contribution in [2.45, 2.75) is 16.7 Å². The van der Waals surface area contributed by atoms with Crippen LogP contribution >= 0.6 is 23.4 Å². The molecule has 3 aromatic rings. The number of carbonyl (C=O) groups is 2. The number of hydrogen-bond donors (Lipinski definition) is 1. The van der Waals surface area contributed by atoms with Crippen molar-refractivity contribution in [2.75, 3.05) is 36.1 Å². The fourth-order valence-corrected chi connectivity index (χ4v) is 5.35. The lowest BCUT2D eigenvalue weighted by Gasteiger charge is -2.26. The normalized spacial score (nSPS) is 11.0. The van der Waals surface area contributed by atoms with Crippen LogP contribution in [0.15, 0.2) is 76.5 Å². The van der Waals surface area contributed by atoms with Gasteiger partial charge in [-0.05, 0) is 67.8 Å². The molecular formula is C25H25ClN2O6S2. The number of amides is 1. The second-order valence-electron chi connectivity index (χ2n) is 7.32. The Balaban J connectivity index is 1.99. The van der Waals surface area contributed by atoms with Gasteiger partial charge in [-0.3, -0.25) is 9.10 Å². The van der Waals surface area contributed by atoms with E-state index < -0.39 is 28.4 Å². The van der Waals surface area contributed by atoms with E-state index in [1.54, 1.807) is 43.3 Å². The number of nitrogens with one attached hydrogen (secondary N) is 1. The molecule has 0 radical (unpaired) electrons. The van der Waals surface area contributed by atoms with Gasteiger partial charge in [0, 0.05) is 10.6 Å². The molecule has 0 aliphatic rings. The summed E-state index contributed by atoms with van der Waals surface area (Å²) in [7, 11) is -2.94. The maximum absolute atomic E-state index is 13.7. The molecule has 0 saturated carbocycles. The molecule has 3 aromatic carbocycles. The quantitative estimate of drug-likeness (QED) is 0.278. The molecule has 0 fully saturated rings. The van der Waals surface area contributed by atoms with Crippen LogP contribution in [0.3, 0.4) is 0 Å². The number of halogens is 1. The molecule has 8 nitrogen and oxygen atoms in total. The Morgan fingerprint density at radius 3 is 2.39 bits per heavy atom. The minimum absolute atomic E-state index is 0.0267. The summed E-state index contributed by atoms with van der Waals surface area (Å²) >= 11 is 7.54. The molecule has 0 aliphatic carbocycles. The van der Waals surface area contributed by atoms with Gasteiger partial charge in [0.05, 0.1) is 34.9 Å². The topological polar surface area (TPSA) is 102 Å². The fourth-order valence-electron chi connectivity index (χ4n) is 3.32. The van der Waals surface area contributed by atoms with Crippen LogP contribution in [0.5, 0.6) is 5.75 Å². The molecule has 0 heterocycles. The van der Waals surface area contributed by atoms with Gasteiger partial charge in [0.2, 0.25) is 5.91 Å². The highest BCUT2D eigenvalue weighted by atomic mass is 35.5. The number of nitrogens with zero attached hydrogens (tertiary/aromatic N) is 1. The minimum Gasteiger partial charge on any atom is -0.492 e. The summed E-state index contributed by atoms with van der Waals surface area (Å²) in [6, 6.07) is 17.3. The van der Waals surface area contributed by atoms with Crippen molar-refractivity contribution in [2.24, 2.45) is 0 Å². The Bertz CT molecular complexity index is 1350. The number of hydrogen-bond acceptors (Lipinski definition) is 7. The zero-order valence-corrected chi connectivity index (χ0v) is 22.2. The average Bonchev–Trinajstić information content (AvgIpc) is 2.88. The maximum Gasteiger partial charge on any atom is 0.339 e. The van der Waals surface area contributed by atoms with Gasteiger partial charge in [-0.2, -0.15) is 0 Å². The summed E-state index contributed by atoms with van der Waals surface area (Å²) in [4.78, 5) is 25.9. The Kier molecular flexibility index (Phi) is 9.25. The molecule has 36 heavy (non-hydrogen) atoms. The van der Waals surface area contributed by atoms with Gasteiger partial charge in [0.15, 0.2) is 0 Å². The first-order chi connectivity index (χ1) is 17.2. The molecule has 0 aromatic heterocycles. The van der Waals surface area contributed by atoms with Gasteiger partial charge < -0.3 is 14.8 Å². The summed E-state index contributed by atoms with van der Waals surface area (Å²) < 4.78 is 38.8. The van der Waals surface area contributed by atoms with Crippen LogP contribution in [-0.4, -0.2) is 46.8 Å². The third-order valence-electron chi connectivity index (χ3n) is 5.02. The predicted octanol–water partition coefficient (Wildman–Crippen LogP) is 5.08. The largest absolute Gasteiger partial charge is 0.492 e. The van der Waals surface area contributed by atoms with Crippen molar-refractivity contribution in [1.82, 2.24) is 0 Å². The number of carbonyl (C=O) groups excluding carboxylic acids is 2. The van der Waals surface area contributed by atoms with Crippen LogP contribution < -0.4 is 14.4 Å². The standard InChI is InChI=1S/C25H25ClN2O6S2/c1-4-34-23-8-6-5-7-22(23)28(36(31,32)19-12-10-18(35-3)11-13-19)16-24(29)27-17-9-14-21(26)20(15-17)25(30)33-2/h5-15H,4,16H2,1-3H3,(H,27,29). The number of para-hydroxylation sites is 2. The molecule has 0 saturated heterocycles. The van der Waals surface area contributed by atoms with Gasteiger partial charge >= 0.3 is 5.97 Å². The first-order valence-electron chi connectivity index (χ1n) is 10.8. The summed E-state index contributed by atoms with van der Waals surface area (Å²) in [6.45, 7) is 1.54. The number of anilines is 2. The maximum atomic E-state index is 13.7. The Labute approximate surface area is 219 Å². The molecule has 0 spiro atoms. The third kappa shape index (κ3) is 6.31. The molecule has 190 valence electrons. The van der Waals surface area contributed by atoms with Crippen molar-refractivity contribution in [3.05, 3.63) is 77.3 Å². The summed E-state index contributed by atoms with van der Waals surface area (Å²) in [5, 5.41) is 2.78. The van der Waals surface area contributed by atoms with Crippen molar-refractivity contribution in [3.63, 3.8) is 0 Å². The van der Waals surface area contributed by atoms with E-state index in [4.69, 9.17) is 21.1 Å². The van der Waals surface area contributed by atoms with E-state index >= 15 is 0 Å². The van der Waals surface area contributed by atoms with Crippen LogP contribution in [0.4, 0.5) is 11.4 Å². The fraction of sp³-hybridized carbons (Fsp3) is 0.200. The number of rotatable bonds is 10. The summed E-state index contributed by atoms with van der Waals surface area (Å²) in [6.07, 6.45) is 1.89. The Morgan fingerprint density at radius 2 is 1.75 bits per heavy atom. The van der Waals surface area contributed by atoms with E-state index in [9.17, 15) is 18.0 Å². The van der Waals surface area contributed by atoms with Gasteiger partial charge in [-0.1, -0.05) is 23.7 Å². The highest BCUT2D eigenvalue weighted by Gasteiger charge is 2.29. The van der Waals surface area contributed by atoms with Crippen LogP contribution in [0, 0.1) is 0 Å². The SMILES string of the molecule is CCOc1ccccc1N(CC(=O)Nc1ccc(Cl)c(C(=O)OC)c1)S(=O)(=O)c1ccc(SC)cc1. The molecule has 11 heteroatoms. The predicted molar refractivity (Wildman–Crippen MR) is 142 cm³/mol. The van der Waals surface area contributed by atoms with Crippen molar-refractivity contribution >= 4 is 56.6 Å². The number of sulfonamides is 1. The van der Waals surface area contributed by atoms with Crippen LogP contribution in [0.25, 0.3) is 0 Å². The van der Waals surface area contributed by atoms with E-state index in [2.05, 4.69) is 5.32 Å². The van der Waals surface area contributed by atoms with Crippen molar-refractivity contribution in [1.29, 1.82) is 0 Å². The highest BCUT2D eigenvalue weighted by molar-refractivity contribution is 7.98. The Morgan fingerprint density at radius 1 is 1.06 bits per heavy atom. The molecule has 3 rings (SSSR count). The van der Waals surface area contributed by atoms with Crippen molar-refractivity contribution < 1.29 is 27.5 Å². The summed E-state index contributed by atoms with van der Waals surface area (Å²) in [5.41, 5.74) is 0.538. The lowest BCUT2D eigenvalue weighted by atomic mass is 10.2. The van der Waals surface area contributed by atoms with Crippen molar-refractivity contribution in [3.8, 4) is 5.75 Å². The molecule has 0 aliphatic heterocycles. The van der Waals surface area contributed by atoms with E-state index in [1.807, 2.05) is 6.26 Å². The van der Waals surface area contributed by atoms with Gasteiger partial charge in [-0.15, -0.1) is 11.8 Å². The first-order valence-corrected chi connectivity index (χ1v) is 13.8. The molecule has 1 amide bonds. The zero-order chi connectivity index (χ0) is 26.3. The number of thioether (sulfide) groups is 1. The van der Waals surface area contributed by atoms with Crippen LogP contribution in [0.1, 0.15) is 17.3 Å². The van der Waals surface area contributed by atoms with Gasteiger partial charge in [0.1, 0.15) is 12.3 Å². The molecule has 0 bridgehead atoms. The van der Waals surface area contributed by atoms with E-state index in [-0.39, 0.29) is 26.9 Å². The zero-order valence-electron chi connectivity index (χ0n) is 19.9. The third-order valence-corrected chi connectivity index (χ3v) is 7.87. The molecule has 0 unspecified atom stereocenters. The lowest BCUT2D eigenvalue weighted by Crippen LogP contribution is -2.38. The number of esters is 1. The van der Waals surface area contributed by atoms with Crippen LogP contribution in [-0.2, 0) is 19.6 Å². The number of methoxy groups -OCH3 is 1.